The molecule has 1 aliphatic rings. The second kappa shape index (κ2) is 8.94. The smallest absolute Gasteiger partial charge is 0.264 e. The van der Waals surface area contributed by atoms with Gasteiger partial charge in [-0.1, -0.05) is 65.7 Å². The molecule has 0 fully saturated rings. The molecule has 0 aromatic heterocycles. The lowest BCUT2D eigenvalue weighted by Gasteiger charge is -2.30. The van der Waals surface area contributed by atoms with Gasteiger partial charge >= 0.3 is 0 Å². The van der Waals surface area contributed by atoms with Gasteiger partial charge in [-0.15, -0.1) is 0 Å². The van der Waals surface area contributed by atoms with E-state index in [0.717, 1.165) is 28.9 Å². The number of benzene rings is 3. The maximum atomic E-state index is 13.3. The minimum absolute atomic E-state index is 0.0646. The van der Waals surface area contributed by atoms with E-state index in [1.807, 2.05) is 86.6 Å². The van der Waals surface area contributed by atoms with E-state index in [1.165, 1.54) is 0 Å². The fraction of sp³-hybridized carbons (Fsp3) is 0.269. The number of ether oxygens (including phenoxy) is 1. The zero-order valence-corrected chi connectivity index (χ0v) is 19.1. The molecule has 1 amide bonds. The Kier molecular flexibility index (Phi) is 6.27. The Balaban J connectivity index is 1.54. The van der Waals surface area contributed by atoms with Crippen LogP contribution in [0.4, 0.5) is 0 Å². The molecule has 160 valence electrons. The Morgan fingerprint density at radius 3 is 2.26 bits per heavy atom. The molecule has 1 heterocycles. The van der Waals surface area contributed by atoms with Gasteiger partial charge in [0.15, 0.2) is 5.60 Å². The Morgan fingerprint density at radius 2 is 1.61 bits per heavy atom. The first-order valence-corrected chi connectivity index (χ1v) is 11.2. The predicted molar refractivity (Wildman–Crippen MR) is 126 cm³/mol. The molecule has 0 bridgehead atoms. The molecule has 3 aromatic rings. The number of hydrogen-bond donors (Lipinski definition) is 1. The molecule has 31 heavy (non-hydrogen) atoms. The van der Waals surface area contributed by atoms with Gasteiger partial charge in [0.2, 0.25) is 0 Å². The molecule has 3 aromatic carbocycles. The number of carbonyl (C=O) groups excluding carboxylic acids is 1. The van der Waals surface area contributed by atoms with Crippen LogP contribution in [0, 0.1) is 0 Å². The summed E-state index contributed by atoms with van der Waals surface area (Å²) in [5.41, 5.74) is 2.42. The number of nitrogens with one attached hydrogen (secondary N) is 1. The van der Waals surface area contributed by atoms with Gasteiger partial charge in [-0.3, -0.25) is 4.79 Å². The van der Waals surface area contributed by atoms with Crippen LogP contribution in [-0.4, -0.2) is 17.6 Å². The molecule has 1 N–H and O–H groups in total. The van der Waals surface area contributed by atoms with Crippen molar-refractivity contribution in [1.29, 1.82) is 0 Å². The highest BCUT2D eigenvalue weighted by molar-refractivity contribution is 6.30. The Morgan fingerprint density at radius 1 is 1.00 bits per heavy atom. The molecular formula is C26H25Cl2NO2. The molecule has 1 aliphatic heterocycles. The molecule has 0 radical (unpaired) electrons. The van der Waals surface area contributed by atoms with E-state index in [-0.39, 0.29) is 17.9 Å². The quantitative estimate of drug-likeness (QED) is 0.480. The maximum absolute atomic E-state index is 13.3. The van der Waals surface area contributed by atoms with Crippen LogP contribution in [0.1, 0.15) is 36.5 Å². The third-order valence-corrected chi connectivity index (χ3v) is 6.45. The monoisotopic (exact) mass is 453 g/mol. The van der Waals surface area contributed by atoms with Gasteiger partial charge < -0.3 is 10.1 Å². The first-order valence-electron chi connectivity index (χ1n) is 10.4. The summed E-state index contributed by atoms with van der Waals surface area (Å²) in [5.74, 6) is 0.740. The lowest BCUT2D eigenvalue weighted by molar-refractivity contribution is -0.135. The Labute approximate surface area is 193 Å². The van der Waals surface area contributed by atoms with Crippen molar-refractivity contribution in [2.24, 2.45) is 0 Å². The van der Waals surface area contributed by atoms with Gasteiger partial charge in [0, 0.05) is 28.4 Å². The minimum atomic E-state index is -0.914. The van der Waals surface area contributed by atoms with Crippen LogP contribution in [0.15, 0.2) is 72.8 Å². The summed E-state index contributed by atoms with van der Waals surface area (Å²) >= 11 is 12.2. The fourth-order valence-electron chi connectivity index (χ4n) is 4.15. The summed E-state index contributed by atoms with van der Waals surface area (Å²) in [6, 6.07) is 23.4. The number of fused-ring (bicyclic) bond motifs is 1. The molecule has 0 spiro atoms. The number of carbonyl (C=O) groups is 1. The van der Waals surface area contributed by atoms with Crippen molar-refractivity contribution in [2.45, 2.75) is 44.2 Å². The number of halogens is 2. The van der Waals surface area contributed by atoms with Crippen molar-refractivity contribution in [1.82, 2.24) is 5.32 Å². The summed E-state index contributed by atoms with van der Waals surface area (Å²) in [6.07, 6.45) is 1.32. The molecule has 3 unspecified atom stereocenters. The molecule has 0 saturated carbocycles. The fourth-order valence-corrected chi connectivity index (χ4v) is 4.40. The van der Waals surface area contributed by atoms with Gasteiger partial charge in [0.05, 0.1) is 0 Å². The van der Waals surface area contributed by atoms with Crippen LogP contribution in [-0.2, 0) is 17.6 Å². The minimum Gasteiger partial charge on any atom is -0.477 e. The summed E-state index contributed by atoms with van der Waals surface area (Å²) in [4.78, 5) is 13.3. The van der Waals surface area contributed by atoms with Gasteiger partial charge in [0.25, 0.3) is 5.91 Å². The lowest BCUT2D eigenvalue weighted by atomic mass is 9.86. The molecule has 4 rings (SSSR count). The third-order valence-electron chi connectivity index (χ3n) is 5.95. The van der Waals surface area contributed by atoms with Crippen LogP contribution in [0.3, 0.4) is 0 Å². The normalized spacial score (nSPS) is 19.2. The van der Waals surface area contributed by atoms with Gasteiger partial charge in [-0.25, -0.2) is 0 Å². The van der Waals surface area contributed by atoms with Crippen molar-refractivity contribution in [3.05, 3.63) is 99.5 Å². The highest BCUT2D eigenvalue weighted by atomic mass is 35.5. The van der Waals surface area contributed by atoms with E-state index in [0.29, 0.717) is 16.5 Å². The summed E-state index contributed by atoms with van der Waals surface area (Å²) in [7, 11) is 0. The van der Waals surface area contributed by atoms with Crippen molar-refractivity contribution < 1.29 is 9.53 Å². The number of rotatable bonds is 6. The van der Waals surface area contributed by atoms with Gasteiger partial charge in [0.1, 0.15) is 5.75 Å². The highest BCUT2D eigenvalue weighted by Crippen LogP contribution is 2.35. The third kappa shape index (κ3) is 4.89. The number of amides is 1. The number of para-hydroxylation sites is 1. The van der Waals surface area contributed by atoms with Crippen LogP contribution in [0.25, 0.3) is 0 Å². The summed E-state index contributed by atoms with van der Waals surface area (Å²) < 4.78 is 6.05. The summed E-state index contributed by atoms with van der Waals surface area (Å²) in [5, 5.41) is 4.62. The average Bonchev–Trinajstić information content (AvgIpc) is 3.11. The van der Waals surface area contributed by atoms with E-state index >= 15 is 0 Å². The van der Waals surface area contributed by atoms with Crippen molar-refractivity contribution in [3.8, 4) is 5.75 Å². The van der Waals surface area contributed by atoms with Crippen LogP contribution < -0.4 is 10.1 Å². The summed E-state index contributed by atoms with van der Waals surface area (Å²) in [6.45, 7) is 3.89. The predicted octanol–water partition coefficient (Wildman–Crippen LogP) is 6.22. The van der Waals surface area contributed by atoms with Crippen molar-refractivity contribution >= 4 is 29.1 Å². The van der Waals surface area contributed by atoms with Crippen molar-refractivity contribution in [3.63, 3.8) is 0 Å². The number of hydrogen-bond acceptors (Lipinski definition) is 2. The maximum Gasteiger partial charge on any atom is 0.264 e. The lowest BCUT2D eigenvalue weighted by Crippen LogP contribution is -2.52. The Bertz CT molecular complexity index is 1040. The van der Waals surface area contributed by atoms with E-state index in [1.54, 1.807) is 0 Å². The molecule has 3 nitrogen and oxygen atoms in total. The molecule has 5 heteroatoms. The van der Waals surface area contributed by atoms with E-state index in [4.69, 9.17) is 27.9 Å². The van der Waals surface area contributed by atoms with Gasteiger partial charge in [-0.2, -0.15) is 0 Å². The molecular weight excluding hydrogens is 429 g/mol. The first kappa shape index (κ1) is 21.7. The average molecular weight is 454 g/mol. The molecule has 3 atom stereocenters. The zero-order valence-electron chi connectivity index (χ0n) is 17.6. The van der Waals surface area contributed by atoms with E-state index in [9.17, 15) is 4.79 Å². The van der Waals surface area contributed by atoms with E-state index in [2.05, 4.69) is 5.32 Å². The standard InChI is InChI=1S/C26H25Cl2NO2/c1-17(29-25(30)26(2)16-20-5-3-4-6-24(20)31-26)23(19-9-13-22(28)14-10-19)15-18-7-11-21(27)12-8-18/h3-14,17,23H,15-16H2,1-2H3,(H,29,30). The zero-order chi connectivity index (χ0) is 22.0. The SMILES string of the molecule is CC(NC(=O)C1(C)Cc2ccccc2O1)C(Cc1ccc(Cl)cc1)c1ccc(Cl)cc1. The second-order valence-corrected chi connectivity index (χ2v) is 9.24. The first-order chi connectivity index (χ1) is 14.8. The topological polar surface area (TPSA) is 38.3 Å². The molecule has 0 aliphatic carbocycles. The van der Waals surface area contributed by atoms with Crippen LogP contribution >= 0.6 is 23.2 Å². The van der Waals surface area contributed by atoms with Crippen LogP contribution in [0.5, 0.6) is 5.75 Å². The molecule has 0 saturated heterocycles. The highest BCUT2D eigenvalue weighted by Gasteiger charge is 2.42. The van der Waals surface area contributed by atoms with Gasteiger partial charge in [-0.05, 0) is 67.3 Å². The second-order valence-electron chi connectivity index (χ2n) is 8.37. The van der Waals surface area contributed by atoms with Crippen LogP contribution in [0.2, 0.25) is 10.0 Å². The van der Waals surface area contributed by atoms with E-state index < -0.39 is 5.60 Å². The van der Waals surface area contributed by atoms with Crippen molar-refractivity contribution in [2.75, 3.05) is 0 Å². The Hall–Kier alpha value is -2.49. The largest absolute Gasteiger partial charge is 0.477 e.